The molecule has 0 spiro atoms. The van der Waals surface area contributed by atoms with Crippen molar-refractivity contribution >= 4 is 28.7 Å². The molecule has 0 amide bonds. The number of cyclic esters (lactones) is 1. The van der Waals surface area contributed by atoms with Gasteiger partial charge in [-0.25, -0.2) is 9.79 Å². The third kappa shape index (κ3) is 3.92. The predicted molar refractivity (Wildman–Crippen MR) is 116 cm³/mol. The molecule has 0 unspecified atom stereocenters. The second-order valence-electron chi connectivity index (χ2n) is 7.04. The number of hydrogen-bond acceptors (Lipinski definition) is 4. The number of nitrogens with zero attached hydrogens (tertiary/aromatic N) is 1. The minimum Gasteiger partial charge on any atom is -0.496 e. The summed E-state index contributed by atoms with van der Waals surface area (Å²) in [4.78, 5) is 16.9. The van der Waals surface area contributed by atoms with Crippen LogP contribution in [-0.4, -0.2) is 19.0 Å². The highest BCUT2D eigenvalue weighted by Crippen LogP contribution is 2.31. The maximum absolute atomic E-state index is 12.5. The van der Waals surface area contributed by atoms with E-state index in [2.05, 4.69) is 24.0 Å². The van der Waals surface area contributed by atoms with E-state index in [1.54, 1.807) is 13.2 Å². The lowest BCUT2D eigenvalue weighted by Crippen LogP contribution is -2.05. The fourth-order valence-electron chi connectivity index (χ4n) is 3.47. The van der Waals surface area contributed by atoms with Gasteiger partial charge in [-0.2, -0.15) is 0 Å². The normalized spacial score (nSPS) is 14.9. The Kier molecular flexibility index (Phi) is 5.43. The van der Waals surface area contributed by atoms with Crippen molar-refractivity contribution in [3.63, 3.8) is 0 Å². The number of carbonyl (C=O) groups excluding carboxylic acids is 1. The summed E-state index contributed by atoms with van der Waals surface area (Å²) in [7, 11) is 1.62. The molecule has 0 N–H and O–H groups in total. The number of ether oxygens (including phenoxy) is 2. The molecule has 1 heterocycles. The van der Waals surface area contributed by atoms with E-state index in [1.807, 2.05) is 48.5 Å². The average Bonchev–Trinajstić information content (AvgIpc) is 3.13. The standard InChI is InChI=1S/C25H23NO3/c1-3-4-7-17-10-12-19(13-11-17)24-26-22(25(27)29-24)16-21-20-9-6-5-8-18(20)14-15-23(21)28-2/h5-6,8-16H,3-4,7H2,1-2H3/b22-16-. The number of methoxy groups -OCH3 is 1. The van der Waals surface area contributed by atoms with Crippen LogP contribution in [0.5, 0.6) is 5.75 Å². The number of hydrogen-bond donors (Lipinski definition) is 0. The number of carbonyl (C=O) groups is 1. The molecule has 4 nitrogen and oxygen atoms in total. The molecule has 4 rings (SSSR count). The molecule has 0 saturated heterocycles. The molecule has 146 valence electrons. The number of unbranched alkanes of at least 4 members (excludes halogenated alkanes) is 1. The number of aliphatic imine (C=N–C) groups is 1. The van der Waals surface area contributed by atoms with Crippen LogP contribution in [0.4, 0.5) is 0 Å². The third-order valence-electron chi connectivity index (χ3n) is 5.07. The van der Waals surface area contributed by atoms with Gasteiger partial charge in [-0.3, -0.25) is 0 Å². The largest absolute Gasteiger partial charge is 0.496 e. The molecule has 0 bridgehead atoms. The zero-order valence-electron chi connectivity index (χ0n) is 16.6. The Hall–Kier alpha value is -3.40. The Morgan fingerprint density at radius 3 is 2.59 bits per heavy atom. The summed E-state index contributed by atoms with van der Waals surface area (Å²) in [6.07, 6.45) is 5.12. The molecule has 29 heavy (non-hydrogen) atoms. The fraction of sp³-hybridized carbons (Fsp3) is 0.200. The summed E-state index contributed by atoms with van der Waals surface area (Å²) in [5, 5.41) is 2.06. The predicted octanol–water partition coefficient (Wildman–Crippen LogP) is 5.54. The van der Waals surface area contributed by atoms with Crippen molar-refractivity contribution in [1.29, 1.82) is 0 Å². The van der Waals surface area contributed by atoms with Crippen molar-refractivity contribution in [2.75, 3.05) is 7.11 Å². The van der Waals surface area contributed by atoms with E-state index in [-0.39, 0.29) is 5.70 Å². The van der Waals surface area contributed by atoms with Crippen LogP contribution in [0.25, 0.3) is 16.8 Å². The monoisotopic (exact) mass is 385 g/mol. The summed E-state index contributed by atoms with van der Waals surface area (Å²) in [6.45, 7) is 2.18. The highest BCUT2D eigenvalue weighted by molar-refractivity contribution is 6.13. The van der Waals surface area contributed by atoms with Gasteiger partial charge < -0.3 is 9.47 Å². The highest BCUT2D eigenvalue weighted by Gasteiger charge is 2.25. The summed E-state index contributed by atoms with van der Waals surface area (Å²) in [5.74, 6) is 0.570. The summed E-state index contributed by atoms with van der Waals surface area (Å²) >= 11 is 0. The van der Waals surface area contributed by atoms with Gasteiger partial charge in [-0.1, -0.05) is 55.8 Å². The van der Waals surface area contributed by atoms with E-state index >= 15 is 0 Å². The smallest absolute Gasteiger partial charge is 0.363 e. The van der Waals surface area contributed by atoms with Crippen LogP contribution in [0.1, 0.15) is 36.5 Å². The van der Waals surface area contributed by atoms with Crippen LogP contribution in [-0.2, 0) is 16.0 Å². The average molecular weight is 385 g/mol. The second kappa shape index (κ2) is 8.31. The lowest BCUT2D eigenvalue weighted by atomic mass is 10.0. The topological polar surface area (TPSA) is 47.9 Å². The van der Waals surface area contributed by atoms with Gasteiger partial charge in [-0.05, 0) is 53.5 Å². The first-order valence-corrected chi connectivity index (χ1v) is 9.87. The van der Waals surface area contributed by atoms with Gasteiger partial charge in [0.25, 0.3) is 0 Å². The van der Waals surface area contributed by atoms with Crippen LogP contribution in [0, 0.1) is 0 Å². The number of esters is 1. The van der Waals surface area contributed by atoms with Gasteiger partial charge in [0, 0.05) is 11.1 Å². The zero-order chi connectivity index (χ0) is 20.2. The number of fused-ring (bicyclic) bond motifs is 1. The van der Waals surface area contributed by atoms with E-state index in [9.17, 15) is 4.79 Å². The molecule has 0 fully saturated rings. The zero-order valence-corrected chi connectivity index (χ0v) is 16.6. The van der Waals surface area contributed by atoms with Gasteiger partial charge in [0.15, 0.2) is 5.70 Å². The summed E-state index contributed by atoms with van der Waals surface area (Å²) in [5.41, 5.74) is 3.16. The highest BCUT2D eigenvalue weighted by atomic mass is 16.6. The van der Waals surface area contributed by atoms with Gasteiger partial charge in [0.2, 0.25) is 5.90 Å². The van der Waals surface area contributed by atoms with E-state index in [4.69, 9.17) is 9.47 Å². The lowest BCUT2D eigenvalue weighted by Gasteiger charge is -2.08. The quantitative estimate of drug-likeness (QED) is 0.414. The van der Waals surface area contributed by atoms with Crippen molar-refractivity contribution in [3.8, 4) is 5.75 Å². The Morgan fingerprint density at radius 2 is 1.83 bits per heavy atom. The van der Waals surface area contributed by atoms with Gasteiger partial charge in [-0.15, -0.1) is 0 Å². The van der Waals surface area contributed by atoms with Crippen LogP contribution < -0.4 is 4.74 Å². The molecule has 0 radical (unpaired) electrons. The number of benzene rings is 3. The first kappa shape index (κ1) is 18.9. The van der Waals surface area contributed by atoms with Crippen LogP contribution >= 0.6 is 0 Å². The lowest BCUT2D eigenvalue weighted by molar-refractivity contribution is -0.129. The van der Waals surface area contributed by atoms with Crippen molar-refractivity contribution in [2.24, 2.45) is 4.99 Å². The minimum atomic E-state index is -0.454. The Bertz CT molecular complexity index is 1110. The SMILES string of the molecule is CCCCc1ccc(C2=N/C(=C\c3c(OC)ccc4ccccc34)C(=O)O2)cc1. The summed E-state index contributed by atoms with van der Waals surface area (Å²) in [6, 6.07) is 19.9. The molecule has 0 saturated carbocycles. The molecule has 3 aromatic carbocycles. The van der Waals surface area contributed by atoms with E-state index < -0.39 is 5.97 Å². The van der Waals surface area contributed by atoms with Crippen molar-refractivity contribution in [3.05, 3.63) is 83.1 Å². The maximum Gasteiger partial charge on any atom is 0.363 e. The number of rotatable bonds is 6. The first-order valence-electron chi connectivity index (χ1n) is 9.87. The Morgan fingerprint density at radius 1 is 1.03 bits per heavy atom. The molecular weight excluding hydrogens is 362 g/mol. The summed E-state index contributed by atoms with van der Waals surface area (Å²) < 4.78 is 11.0. The fourth-order valence-corrected chi connectivity index (χ4v) is 3.47. The van der Waals surface area contributed by atoms with Crippen LogP contribution in [0.15, 0.2) is 71.4 Å². The van der Waals surface area contributed by atoms with Crippen molar-refractivity contribution < 1.29 is 14.3 Å². The maximum atomic E-state index is 12.5. The van der Waals surface area contributed by atoms with Crippen LogP contribution in [0.3, 0.4) is 0 Å². The van der Waals surface area contributed by atoms with Crippen LogP contribution in [0.2, 0.25) is 0 Å². The molecule has 1 aliphatic rings. The Labute approximate surface area is 170 Å². The molecule has 0 aromatic heterocycles. The van der Waals surface area contributed by atoms with Gasteiger partial charge in [0.05, 0.1) is 7.11 Å². The van der Waals surface area contributed by atoms with E-state index in [0.29, 0.717) is 11.6 Å². The third-order valence-corrected chi connectivity index (χ3v) is 5.07. The van der Waals surface area contributed by atoms with Crippen molar-refractivity contribution in [2.45, 2.75) is 26.2 Å². The minimum absolute atomic E-state index is 0.268. The van der Waals surface area contributed by atoms with E-state index in [1.165, 1.54) is 5.56 Å². The molecule has 0 aliphatic carbocycles. The van der Waals surface area contributed by atoms with E-state index in [0.717, 1.165) is 41.2 Å². The second-order valence-corrected chi connectivity index (χ2v) is 7.04. The molecule has 3 aromatic rings. The molecule has 1 aliphatic heterocycles. The van der Waals surface area contributed by atoms with Crippen molar-refractivity contribution in [1.82, 2.24) is 0 Å². The molecular formula is C25H23NO3. The first-order chi connectivity index (χ1) is 14.2. The number of aryl methyl sites for hydroxylation is 1. The molecule has 0 atom stereocenters. The van der Waals surface area contributed by atoms with Gasteiger partial charge >= 0.3 is 5.97 Å². The van der Waals surface area contributed by atoms with Gasteiger partial charge in [0.1, 0.15) is 5.75 Å². The molecule has 4 heteroatoms. The Balaban J connectivity index is 1.69.